The van der Waals surface area contributed by atoms with E-state index in [1.165, 1.54) is 0 Å². The smallest absolute Gasteiger partial charge is 0.392 e. The van der Waals surface area contributed by atoms with Crippen LogP contribution in [0, 0.1) is 35.5 Å². The maximum atomic E-state index is 13.3. The van der Waals surface area contributed by atoms with E-state index < -0.39 is 48.0 Å². The highest BCUT2D eigenvalue weighted by Crippen LogP contribution is 2.43. The molecule has 28 heavy (non-hydrogen) atoms. The number of halogens is 6. The molecule has 166 valence electrons. The predicted molar refractivity (Wildman–Crippen MR) is 89.0 cm³/mol. The Labute approximate surface area is 160 Å². The summed E-state index contributed by atoms with van der Waals surface area (Å²) in [6.45, 7) is 7.01. The fraction of sp³-hybridized carbons (Fsp3) is 0.889. The van der Waals surface area contributed by atoms with E-state index in [1.807, 2.05) is 0 Å². The van der Waals surface area contributed by atoms with Crippen molar-refractivity contribution in [3.05, 3.63) is 0 Å². The minimum atomic E-state index is -5.01. The second-order valence-electron chi connectivity index (χ2n) is 7.76. The van der Waals surface area contributed by atoms with Crippen molar-refractivity contribution < 1.29 is 45.4 Å². The van der Waals surface area contributed by atoms with Gasteiger partial charge in [-0.15, -0.1) is 0 Å². The molecule has 0 fully saturated rings. The third kappa shape index (κ3) is 8.26. The molecule has 0 heterocycles. The molecule has 0 aliphatic carbocycles. The zero-order valence-electron chi connectivity index (χ0n) is 16.8. The van der Waals surface area contributed by atoms with Crippen molar-refractivity contribution in [2.75, 3.05) is 13.2 Å². The molecule has 4 nitrogen and oxygen atoms in total. The normalized spacial score (nSPS) is 17.2. The van der Waals surface area contributed by atoms with E-state index in [4.69, 9.17) is 9.47 Å². The maximum absolute atomic E-state index is 13.3. The molecular weight excluding hydrogens is 394 g/mol. The number of esters is 2. The first kappa shape index (κ1) is 26.5. The Balaban J connectivity index is 6.11. The molecule has 0 rings (SSSR count). The molecule has 0 bridgehead atoms. The van der Waals surface area contributed by atoms with Crippen molar-refractivity contribution in [2.45, 2.75) is 53.9 Å². The lowest BCUT2D eigenvalue weighted by Crippen LogP contribution is -2.47. The van der Waals surface area contributed by atoms with Gasteiger partial charge in [0.2, 0.25) is 0 Å². The summed E-state index contributed by atoms with van der Waals surface area (Å²) < 4.78 is 89.5. The Bertz CT molecular complexity index is 467. The first-order valence-electron chi connectivity index (χ1n) is 8.96. The van der Waals surface area contributed by atoms with Gasteiger partial charge in [-0.2, -0.15) is 26.3 Å². The van der Waals surface area contributed by atoms with Gasteiger partial charge >= 0.3 is 24.3 Å². The van der Waals surface area contributed by atoms with Crippen LogP contribution >= 0.6 is 0 Å². The van der Waals surface area contributed by atoms with Gasteiger partial charge in [-0.1, -0.05) is 41.5 Å². The fourth-order valence-electron chi connectivity index (χ4n) is 2.42. The number of carbonyl (C=O) groups is 2. The summed E-state index contributed by atoms with van der Waals surface area (Å²) in [6, 6.07) is 0. The van der Waals surface area contributed by atoms with Crippen LogP contribution < -0.4 is 0 Å². The minimum Gasteiger partial charge on any atom is -0.465 e. The summed E-state index contributed by atoms with van der Waals surface area (Å²) in [5.74, 6) is -13.3. The molecule has 10 heteroatoms. The molecule has 4 unspecified atom stereocenters. The molecule has 0 spiro atoms. The number of hydrogen-bond acceptors (Lipinski definition) is 4. The van der Waals surface area contributed by atoms with Crippen LogP contribution in [0.15, 0.2) is 0 Å². The maximum Gasteiger partial charge on any atom is 0.392 e. The highest BCUT2D eigenvalue weighted by atomic mass is 19.4. The summed E-state index contributed by atoms with van der Waals surface area (Å²) >= 11 is 0. The van der Waals surface area contributed by atoms with Crippen molar-refractivity contribution in [1.82, 2.24) is 0 Å². The van der Waals surface area contributed by atoms with Gasteiger partial charge in [0.1, 0.15) is 0 Å². The van der Waals surface area contributed by atoms with Crippen LogP contribution in [-0.4, -0.2) is 37.5 Å². The van der Waals surface area contributed by atoms with Gasteiger partial charge in [-0.3, -0.25) is 9.59 Å². The van der Waals surface area contributed by atoms with Gasteiger partial charge in [0, 0.05) is 0 Å². The van der Waals surface area contributed by atoms with Crippen LogP contribution in [-0.2, 0) is 19.1 Å². The van der Waals surface area contributed by atoms with Crippen molar-refractivity contribution in [2.24, 2.45) is 35.5 Å². The largest absolute Gasteiger partial charge is 0.465 e. The number of ether oxygens (including phenoxy) is 2. The molecule has 0 saturated heterocycles. The zero-order valence-corrected chi connectivity index (χ0v) is 16.8. The average molecular weight is 422 g/mol. The topological polar surface area (TPSA) is 52.6 Å². The van der Waals surface area contributed by atoms with Gasteiger partial charge < -0.3 is 9.47 Å². The summed E-state index contributed by atoms with van der Waals surface area (Å²) in [5.41, 5.74) is 0. The monoisotopic (exact) mass is 422 g/mol. The quantitative estimate of drug-likeness (QED) is 0.387. The Hall–Kier alpha value is -1.48. The Kier molecular flexibility index (Phi) is 9.79. The second-order valence-corrected chi connectivity index (χ2v) is 7.76. The van der Waals surface area contributed by atoms with E-state index in [9.17, 15) is 35.9 Å². The Morgan fingerprint density at radius 2 is 0.893 bits per heavy atom. The molecule has 0 aromatic heterocycles. The average Bonchev–Trinajstić information content (AvgIpc) is 2.52. The second kappa shape index (κ2) is 10.3. The lowest BCUT2D eigenvalue weighted by Gasteiger charge is -2.34. The fourth-order valence-corrected chi connectivity index (χ4v) is 2.42. The van der Waals surface area contributed by atoms with E-state index in [0.717, 1.165) is 0 Å². The van der Waals surface area contributed by atoms with E-state index in [1.54, 1.807) is 27.7 Å². The van der Waals surface area contributed by atoms with E-state index in [0.29, 0.717) is 13.8 Å². The van der Waals surface area contributed by atoms with Crippen molar-refractivity contribution in [3.63, 3.8) is 0 Å². The van der Waals surface area contributed by atoms with Gasteiger partial charge in [-0.05, 0) is 11.8 Å². The molecule has 0 N–H and O–H groups in total. The van der Waals surface area contributed by atoms with Crippen molar-refractivity contribution in [1.29, 1.82) is 0 Å². The molecular formula is C18H28F6O4. The SMILES string of the molecule is CC(C)COC(=O)C(C(C(=O)OCC(C)C)C(C)C(F)(F)F)C(C)C(F)(F)F. The Morgan fingerprint density at radius 1 is 0.643 bits per heavy atom. The molecule has 0 radical (unpaired) electrons. The molecule has 0 saturated carbocycles. The van der Waals surface area contributed by atoms with Crippen LogP contribution in [0.3, 0.4) is 0 Å². The highest BCUT2D eigenvalue weighted by molar-refractivity contribution is 5.82. The van der Waals surface area contributed by atoms with E-state index in [-0.39, 0.29) is 25.0 Å². The molecule has 0 amide bonds. The third-order valence-corrected chi connectivity index (χ3v) is 4.16. The van der Waals surface area contributed by atoms with Crippen LogP contribution in [0.1, 0.15) is 41.5 Å². The van der Waals surface area contributed by atoms with Crippen LogP contribution in [0.4, 0.5) is 26.3 Å². The summed E-state index contributed by atoms with van der Waals surface area (Å²) in [6.07, 6.45) is -10.0. The minimum absolute atomic E-state index is 0.253. The number of hydrogen-bond donors (Lipinski definition) is 0. The lowest BCUT2D eigenvalue weighted by atomic mass is 9.75. The Morgan fingerprint density at radius 3 is 1.07 bits per heavy atom. The molecule has 0 aliphatic rings. The van der Waals surface area contributed by atoms with E-state index in [2.05, 4.69) is 0 Å². The summed E-state index contributed by atoms with van der Waals surface area (Å²) in [7, 11) is 0. The number of carbonyl (C=O) groups excluding carboxylic acids is 2. The first-order chi connectivity index (χ1) is 12.5. The molecule has 0 aromatic carbocycles. The van der Waals surface area contributed by atoms with Crippen molar-refractivity contribution >= 4 is 11.9 Å². The van der Waals surface area contributed by atoms with Crippen LogP contribution in [0.5, 0.6) is 0 Å². The number of rotatable bonds is 9. The van der Waals surface area contributed by atoms with Gasteiger partial charge in [0.15, 0.2) is 0 Å². The third-order valence-electron chi connectivity index (χ3n) is 4.16. The lowest BCUT2D eigenvalue weighted by molar-refractivity contribution is -0.225. The highest BCUT2D eigenvalue weighted by Gasteiger charge is 2.56. The molecule has 0 aliphatic heterocycles. The first-order valence-corrected chi connectivity index (χ1v) is 8.96. The molecule has 4 atom stereocenters. The summed E-state index contributed by atoms with van der Waals surface area (Å²) in [5, 5.41) is 0. The van der Waals surface area contributed by atoms with Gasteiger partial charge in [0.25, 0.3) is 0 Å². The zero-order chi connectivity index (χ0) is 22.4. The summed E-state index contributed by atoms with van der Waals surface area (Å²) in [4.78, 5) is 24.7. The van der Waals surface area contributed by atoms with Crippen LogP contribution in [0.25, 0.3) is 0 Å². The van der Waals surface area contributed by atoms with Gasteiger partial charge in [0.05, 0.1) is 36.9 Å². The van der Waals surface area contributed by atoms with E-state index >= 15 is 0 Å². The van der Waals surface area contributed by atoms with Crippen LogP contribution in [0.2, 0.25) is 0 Å². The number of alkyl halides is 6. The standard InChI is InChI=1S/C18H28F6O4/c1-9(2)7-27-15(25)13(11(5)17(19,20)21)14(12(6)18(22,23)24)16(26)28-8-10(3)4/h9-14H,7-8H2,1-6H3. The predicted octanol–water partition coefficient (Wildman–Crippen LogP) is 5.01. The molecule has 0 aromatic rings. The van der Waals surface area contributed by atoms with Crippen molar-refractivity contribution in [3.8, 4) is 0 Å². The van der Waals surface area contributed by atoms with Gasteiger partial charge in [-0.25, -0.2) is 0 Å².